The number of hydrogen-bond donors (Lipinski definition) is 4. The number of nitrogens with one attached hydrogen (secondary N) is 1. The molecule has 0 radical (unpaired) electrons. The molecule has 0 bridgehead atoms. The van der Waals surface area contributed by atoms with Crippen molar-refractivity contribution < 1.29 is 24.6 Å². The number of aliphatic hydroxyl groups excluding tert-OH is 1. The minimum absolute atomic E-state index is 0.117. The van der Waals surface area contributed by atoms with E-state index in [4.69, 9.17) is 5.73 Å². The van der Waals surface area contributed by atoms with Gasteiger partial charge in [0.25, 0.3) is 11.8 Å². The van der Waals surface area contributed by atoms with Crippen LogP contribution in [0.3, 0.4) is 0 Å². The van der Waals surface area contributed by atoms with Crippen molar-refractivity contribution in [3.05, 3.63) is 47.3 Å². The van der Waals surface area contributed by atoms with E-state index in [1.54, 1.807) is 30.3 Å². The van der Waals surface area contributed by atoms with Crippen molar-refractivity contribution in [2.24, 2.45) is 5.73 Å². The first-order valence-corrected chi connectivity index (χ1v) is 8.16. The third-order valence-electron chi connectivity index (χ3n) is 3.86. The van der Waals surface area contributed by atoms with Crippen LogP contribution in [-0.4, -0.2) is 50.1 Å². The van der Waals surface area contributed by atoms with Gasteiger partial charge in [-0.3, -0.25) is 14.5 Å². The third-order valence-corrected chi connectivity index (χ3v) is 5.16. The predicted molar refractivity (Wildman–Crippen MR) is 85.3 cm³/mol. The first-order valence-electron chi connectivity index (χ1n) is 7.11. The number of hydrogen-bond acceptors (Lipinski definition) is 6. The molecule has 9 heteroatoms. The molecule has 0 aliphatic carbocycles. The number of thioether (sulfide) groups is 1. The number of fused-ring (bicyclic) bond motifs is 1. The molecule has 5 N–H and O–H groups in total. The van der Waals surface area contributed by atoms with E-state index in [9.17, 15) is 24.6 Å². The Bertz CT molecular complexity index is 736. The summed E-state index contributed by atoms with van der Waals surface area (Å²) >= 11 is 1.27. The number of amides is 2. The fourth-order valence-electron chi connectivity index (χ4n) is 2.66. The van der Waals surface area contributed by atoms with Crippen LogP contribution in [0.5, 0.6) is 0 Å². The quantitative estimate of drug-likeness (QED) is 0.532. The van der Waals surface area contributed by atoms with Gasteiger partial charge in [-0.15, -0.1) is 11.8 Å². The van der Waals surface area contributed by atoms with Gasteiger partial charge in [-0.25, -0.2) is 4.79 Å². The lowest BCUT2D eigenvalue weighted by Crippen LogP contribution is -2.71. The molecule has 2 unspecified atom stereocenters. The summed E-state index contributed by atoms with van der Waals surface area (Å²) in [6.45, 7) is 0. The summed E-state index contributed by atoms with van der Waals surface area (Å²) in [5.74, 6) is -2.29. The number of β-lactam (4-membered cyclic amide) rings is 1. The number of nitrogens with two attached hydrogens (primary N) is 1. The van der Waals surface area contributed by atoms with Crippen molar-refractivity contribution in [1.82, 2.24) is 10.2 Å². The second kappa shape index (κ2) is 6.17. The number of carboxylic acid groups (broad SMARTS) is 1. The maximum absolute atomic E-state index is 12.2. The summed E-state index contributed by atoms with van der Waals surface area (Å²) < 4.78 is 0. The Kier molecular flexibility index (Phi) is 4.20. The average molecular weight is 349 g/mol. The summed E-state index contributed by atoms with van der Waals surface area (Å²) in [5.41, 5.74) is 5.94. The zero-order valence-corrected chi connectivity index (χ0v) is 13.2. The van der Waals surface area contributed by atoms with Crippen LogP contribution in [0.4, 0.5) is 0 Å². The molecular weight excluding hydrogens is 334 g/mol. The summed E-state index contributed by atoms with van der Waals surface area (Å²) in [4.78, 5) is 36.7. The van der Waals surface area contributed by atoms with E-state index in [2.05, 4.69) is 5.32 Å². The molecule has 1 aromatic carbocycles. The Morgan fingerprint density at radius 3 is 2.62 bits per heavy atom. The molecule has 126 valence electrons. The van der Waals surface area contributed by atoms with Crippen molar-refractivity contribution in [3.8, 4) is 0 Å². The molecule has 3 rings (SSSR count). The van der Waals surface area contributed by atoms with Crippen LogP contribution >= 0.6 is 11.8 Å². The number of benzene rings is 1. The maximum Gasteiger partial charge on any atom is 0.354 e. The van der Waals surface area contributed by atoms with Crippen LogP contribution in [0, 0.1) is 0 Å². The molecular formula is C15H15N3O5S. The van der Waals surface area contributed by atoms with E-state index in [1.165, 1.54) is 11.8 Å². The van der Waals surface area contributed by atoms with Crippen molar-refractivity contribution >= 4 is 29.5 Å². The lowest BCUT2D eigenvalue weighted by Gasteiger charge is -2.49. The van der Waals surface area contributed by atoms with Crippen LogP contribution in [-0.2, 0) is 14.4 Å². The first kappa shape index (κ1) is 16.3. The molecule has 2 amide bonds. The van der Waals surface area contributed by atoms with Gasteiger partial charge in [-0.2, -0.15) is 0 Å². The predicted octanol–water partition coefficient (Wildman–Crippen LogP) is -0.625. The van der Waals surface area contributed by atoms with Gasteiger partial charge in [0.1, 0.15) is 11.4 Å². The Morgan fingerprint density at radius 1 is 1.33 bits per heavy atom. The fraction of sp³-hybridized carbons (Fsp3) is 0.267. The lowest BCUT2D eigenvalue weighted by atomic mass is 10.0. The zero-order valence-electron chi connectivity index (χ0n) is 12.4. The molecule has 2 heterocycles. The Balaban J connectivity index is 1.71. The molecule has 2 aliphatic heterocycles. The fourth-order valence-corrected chi connectivity index (χ4v) is 3.89. The number of aliphatic carboxylic acids is 1. The van der Waals surface area contributed by atoms with Gasteiger partial charge in [-0.05, 0) is 5.56 Å². The van der Waals surface area contributed by atoms with Gasteiger partial charge >= 0.3 is 5.97 Å². The van der Waals surface area contributed by atoms with E-state index >= 15 is 0 Å². The highest BCUT2D eigenvalue weighted by Gasteiger charge is 2.54. The largest absolute Gasteiger partial charge is 0.477 e. The SMILES string of the molecule is NC1=C(C(=O)O)N2C(=O)C(NC(=O)C(O)c3ccccc3)[C@H]2SC1. The van der Waals surface area contributed by atoms with E-state index < -0.39 is 35.3 Å². The van der Waals surface area contributed by atoms with Gasteiger partial charge in [-0.1, -0.05) is 30.3 Å². The smallest absolute Gasteiger partial charge is 0.354 e. The second-order valence-corrected chi connectivity index (χ2v) is 6.49. The van der Waals surface area contributed by atoms with Crippen molar-refractivity contribution in [3.63, 3.8) is 0 Å². The van der Waals surface area contributed by atoms with Crippen molar-refractivity contribution in [1.29, 1.82) is 0 Å². The average Bonchev–Trinajstić information content (AvgIpc) is 2.59. The third kappa shape index (κ3) is 2.61. The van der Waals surface area contributed by atoms with Gasteiger partial charge in [0, 0.05) is 5.75 Å². The van der Waals surface area contributed by atoms with E-state index in [0.717, 1.165) is 4.90 Å². The van der Waals surface area contributed by atoms with E-state index in [1.807, 2.05) is 0 Å². The summed E-state index contributed by atoms with van der Waals surface area (Å²) in [6, 6.07) is 7.44. The molecule has 2 aliphatic rings. The highest BCUT2D eigenvalue weighted by molar-refractivity contribution is 8.00. The summed E-state index contributed by atoms with van der Waals surface area (Å²) in [7, 11) is 0. The molecule has 1 saturated heterocycles. The standard InChI is InChI=1S/C15H15N3O5S/c16-8-6-24-14-9(13(21)18(14)10(8)15(22)23)17-12(20)11(19)7-4-2-1-3-5-7/h1-5,9,11,14,19H,6,16H2,(H,17,20)(H,22,23)/t9?,11?,14-/m1/s1. The number of carbonyl (C=O) groups excluding carboxylic acids is 2. The van der Waals surface area contributed by atoms with Gasteiger partial charge in [0.05, 0.1) is 5.70 Å². The van der Waals surface area contributed by atoms with Crippen LogP contribution < -0.4 is 11.1 Å². The molecule has 1 aromatic rings. The minimum atomic E-state index is -1.40. The number of carbonyl (C=O) groups is 3. The van der Waals surface area contributed by atoms with Crippen LogP contribution in [0.15, 0.2) is 41.7 Å². The Hall–Kier alpha value is -2.52. The van der Waals surface area contributed by atoms with E-state index in [-0.39, 0.29) is 17.1 Å². The number of carboxylic acids is 1. The zero-order chi connectivity index (χ0) is 17.4. The summed E-state index contributed by atoms with van der Waals surface area (Å²) in [5, 5.41) is 21.2. The highest BCUT2D eigenvalue weighted by atomic mass is 32.2. The molecule has 24 heavy (non-hydrogen) atoms. The van der Waals surface area contributed by atoms with Crippen LogP contribution in [0.1, 0.15) is 11.7 Å². The summed E-state index contributed by atoms with van der Waals surface area (Å²) in [6.07, 6.45) is -1.40. The van der Waals surface area contributed by atoms with E-state index in [0.29, 0.717) is 5.56 Å². The molecule has 8 nitrogen and oxygen atoms in total. The van der Waals surface area contributed by atoms with Crippen LogP contribution in [0.2, 0.25) is 0 Å². The molecule has 0 aromatic heterocycles. The number of aliphatic hydroxyl groups is 1. The Labute approximate surface area is 141 Å². The number of nitrogens with zero attached hydrogens (tertiary/aromatic N) is 1. The van der Waals surface area contributed by atoms with Crippen LogP contribution in [0.25, 0.3) is 0 Å². The first-order chi connectivity index (χ1) is 11.4. The Morgan fingerprint density at radius 2 is 2.00 bits per heavy atom. The minimum Gasteiger partial charge on any atom is -0.477 e. The molecule has 0 saturated carbocycles. The maximum atomic E-state index is 12.2. The topological polar surface area (TPSA) is 133 Å². The van der Waals surface area contributed by atoms with Crippen molar-refractivity contribution in [2.45, 2.75) is 17.5 Å². The monoisotopic (exact) mass is 349 g/mol. The normalized spacial score (nSPS) is 24.0. The lowest BCUT2D eigenvalue weighted by molar-refractivity contribution is -0.151. The molecule has 0 spiro atoms. The number of rotatable bonds is 4. The molecule has 1 fully saturated rings. The van der Waals surface area contributed by atoms with Gasteiger partial charge < -0.3 is 21.3 Å². The highest BCUT2D eigenvalue weighted by Crippen LogP contribution is 2.39. The van der Waals surface area contributed by atoms with Crippen molar-refractivity contribution in [2.75, 3.05) is 5.75 Å². The second-order valence-electron chi connectivity index (χ2n) is 5.39. The molecule has 3 atom stereocenters. The van der Waals surface area contributed by atoms with Gasteiger partial charge in [0.2, 0.25) is 0 Å². The van der Waals surface area contributed by atoms with Gasteiger partial charge in [0.15, 0.2) is 11.8 Å².